The van der Waals surface area contributed by atoms with E-state index in [2.05, 4.69) is 10.6 Å². The SMILES string of the molecule is C[C@@]1(c2ccccc2)NC(=O)N(CC(=O)N(CC(=O)Nc2ccccc2C(F)(F)F)Cc2ccco2)C1=O. The molecule has 0 bridgehead atoms. The lowest BCUT2D eigenvalue weighted by Crippen LogP contribution is -2.46. The smallest absolute Gasteiger partial charge is 0.418 e. The van der Waals surface area contributed by atoms with Gasteiger partial charge in [-0.25, -0.2) is 4.79 Å². The Kier molecular flexibility index (Phi) is 7.24. The molecule has 2 N–H and O–H groups in total. The van der Waals surface area contributed by atoms with Gasteiger partial charge in [-0.3, -0.25) is 19.3 Å². The number of hydrogen-bond acceptors (Lipinski definition) is 5. The molecule has 3 aromatic rings. The van der Waals surface area contributed by atoms with Crippen LogP contribution in [0, 0.1) is 0 Å². The lowest BCUT2D eigenvalue weighted by Gasteiger charge is -2.25. The topological polar surface area (TPSA) is 112 Å². The first kappa shape index (κ1) is 26.5. The summed E-state index contributed by atoms with van der Waals surface area (Å²) >= 11 is 0. The lowest BCUT2D eigenvalue weighted by molar-refractivity contribution is -0.140. The number of nitrogens with one attached hydrogen (secondary N) is 2. The zero-order valence-corrected chi connectivity index (χ0v) is 20.1. The number of alkyl halides is 3. The fourth-order valence-corrected chi connectivity index (χ4v) is 4.07. The Morgan fingerprint density at radius 3 is 2.37 bits per heavy atom. The molecule has 198 valence electrons. The minimum absolute atomic E-state index is 0.222. The molecule has 5 amide bonds. The fraction of sp³-hybridized carbons (Fsp3) is 0.231. The van der Waals surface area contributed by atoms with E-state index in [1.165, 1.54) is 31.4 Å². The monoisotopic (exact) mass is 528 g/mol. The fourth-order valence-electron chi connectivity index (χ4n) is 4.07. The quantitative estimate of drug-likeness (QED) is 0.433. The molecule has 0 saturated carbocycles. The van der Waals surface area contributed by atoms with Crippen molar-refractivity contribution in [3.63, 3.8) is 0 Å². The molecule has 9 nitrogen and oxygen atoms in total. The Labute approximate surface area is 215 Å². The maximum Gasteiger partial charge on any atom is 0.418 e. The van der Waals surface area contributed by atoms with Gasteiger partial charge in [0.2, 0.25) is 11.8 Å². The van der Waals surface area contributed by atoms with Crippen LogP contribution in [0.3, 0.4) is 0 Å². The molecule has 4 rings (SSSR count). The summed E-state index contributed by atoms with van der Waals surface area (Å²) in [6.07, 6.45) is -3.36. The first-order valence-electron chi connectivity index (χ1n) is 11.4. The molecule has 1 aromatic heterocycles. The maximum atomic E-state index is 13.3. The Hall–Kier alpha value is -4.61. The molecule has 2 aromatic carbocycles. The van der Waals surface area contributed by atoms with Crippen molar-refractivity contribution >= 4 is 29.4 Å². The molecule has 38 heavy (non-hydrogen) atoms. The van der Waals surface area contributed by atoms with Crippen molar-refractivity contribution < 1.29 is 36.8 Å². The number of hydrogen-bond donors (Lipinski definition) is 2. The lowest BCUT2D eigenvalue weighted by atomic mass is 9.92. The van der Waals surface area contributed by atoms with E-state index in [0.717, 1.165) is 21.9 Å². The predicted molar refractivity (Wildman–Crippen MR) is 128 cm³/mol. The molecule has 1 saturated heterocycles. The average Bonchev–Trinajstić information content (AvgIpc) is 3.46. The summed E-state index contributed by atoms with van der Waals surface area (Å²) in [6.45, 7) is -0.0650. The second-order valence-electron chi connectivity index (χ2n) is 8.73. The van der Waals surface area contributed by atoms with E-state index in [-0.39, 0.29) is 12.3 Å². The maximum absolute atomic E-state index is 13.3. The molecule has 2 heterocycles. The van der Waals surface area contributed by atoms with E-state index in [4.69, 9.17) is 4.42 Å². The van der Waals surface area contributed by atoms with Gasteiger partial charge in [0.05, 0.1) is 24.1 Å². The van der Waals surface area contributed by atoms with Crippen LogP contribution >= 0.6 is 0 Å². The number of para-hydroxylation sites is 1. The van der Waals surface area contributed by atoms with Gasteiger partial charge in [0.25, 0.3) is 5.91 Å². The van der Waals surface area contributed by atoms with Crippen LogP contribution in [0.4, 0.5) is 23.7 Å². The van der Waals surface area contributed by atoms with Crippen LogP contribution in [-0.2, 0) is 32.6 Å². The molecule has 0 radical (unpaired) electrons. The van der Waals surface area contributed by atoms with Crippen molar-refractivity contribution in [1.29, 1.82) is 0 Å². The number of imide groups is 1. The van der Waals surface area contributed by atoms with Crippen molar-refractivity contribution in [3.05, 3.63) is 89.9 Å². The zero-order valence-electron chi connectivity index (χ0n) is 20.1. The van der Waals surface area contributed by atoms with Crippen LogP contribution in [0.2, 0.25) is 0 Å². The normalized spacial score (nSPS) is 17.3. The Morgan fingerprint density at radius 2 is 1.71 bits per heavy atom. The van der Waals surface area contributed by atoms with Crippen LogP contribution in [0.25, 0.3) is 0 Å². The third-order valence-corrected chi connectivity index (χ3v) is 6.04. The summed E-state index contributed by atoms with van der Waals surface area (Å²) in [4.78, 5) is 53.5. The van der Waals surface area contributed by atoms with Crippen molar-refractivity contribution in [3.8, 4) is 0 Å². The van der Waals surface area contributed by atoms with Crippen LogP contribution in [0.5, 0.6) is 0 Å². The number of carbonyl (C=O) groups is 4. The number of anilines is 1. The highest BCUT2D eigenvalue weighted by Crippen LogP contribution is 2.34. The van der Waals surface area contributed by atoms with Gasteiger partial charge in [-0.2, -0.15) is 13.2 Å². The van der Waals surface area contributed by atoms with Gasteiger partial charge in [0, 0.05) is 0 Å². The highest BCUT2D eigenvalue weighted by Gasteiger charge is 2.49. The van der Waals surface area contributed by atoms with Crippen molar-refractivity contribution in [1.82, 2.24) is 15.1 Å². The summed E-state index contributed by atoms with van der Waals surface area (Å²) in [5.41, 5.74) is -2.40. The second-order valence-corrected chi connectivity index (χ2v) is 8.73. The molecular weight excluding hydrogens is 505 g/mol. The minimum Gasteiger partial charge on any atom is -0.467 e. The third-order valence-electron chi connectivity index (χ3n) is 6.04. The van der Waals surface area contributed by atoms with Gasteiger partial charge >= 0.3 is 12.2 Å². The summed E-state index contributed by atoms with van der Waals surface area (Å²) in [7, 11) is 0. The molecule has 1 atom stereocenters. The van der Waals surface area contributed by atoms with Crippen molar-refractivity contribution in [2.24, 2.45) is 0 Å². The summed E-state index contributed by atoms with van der Waals surface area (Å²) in [5, 5.41) is 4.78. The van der Waals surface area contributed by atoms with E-state index in [1.807, 2.05) is 0 Å². The van der Waals surface area contributed by atoms with E-state index >= 15 is 0 Å². The summed E-state index contributed by atoms with van der Waals surface area (Å²) in [6, 6.07) is 15.2. The zero-order chi connectivity index (χ0) is 27.5. The standard InChI is InChI=1S/C26H23F3N4O5/c1-25(17-8-3-2-4-9-17)23(36)33(24(37)31-25)16-22(35)32(14-18-10-7-13-38-18)15-21(34)30-20-12-6-5-11-19(20)26(27,28)29/h2-13H,14-16H2,1H3,(H,30,34)(H,31,37)/t25-/m0/s1. The van der Waals surface area contributed by atoms with Crippen LogP contribution < -0.4 is 10.6 Å². The minimum atomic E-state index is -4.71. The van der Waals surface area contributed by atoms with Crippen LogP contribution in [-0.4, -0.2) is 46.6 Å². The van der Waals surface area contributed by atoms with Crippen LogP contribution in [0.1, 0.15) is 23.8 Å². The van der Waals surface area contributed by atoms with Gasteiger partial charge in [0.15, 0.2) is 0 Å². The number of nitrogens with zero attached hydrogens (tertiary/aromatic N) is 2. The number of furan rings is 1. The van der Waals surface area contributed by atoms with Gasteiger partial charge in [0.1, 0.15) is 24.4 Å². The second kappa shape index (κ2) is 10.4. The molecule has 0 unspecified atom stereocenters. The van der Waals surface area contributed by atoms with Gasteiger partial charge in [-0.15, -0.1) is 0 Å². The number of halogens is 3. The van der Waals surface area contributed by atoms with Gasteiger partial charge < -0.3 is 20.0 Å². The van der Waals surface area contributed by atoms with Gasteiger partial charge in [-0.1, -0.05) is 42.5 Å². The molecule has 1 aliphatic heterocycles. The first-order chi connectivity index (χ1) is 18.0. The Morgan fingerprint density at radius 1 is 1.03 bits per heavy atom. The summed E-state index contributed by atoms with van der Waals surface area (Å²) in [5.74, 6) is -2.08. The largest absolute Gasteiger partial charge is 0.467 e. The molecule has 1 fully saturated rings. The molecule has 0 spiro atoms. The average molecular weight is 528 g/mol. The van der Waals surface area contributed by atoms with E-state index < -0.39 is 59.8 Å². The number of amides is 5. The highest BCUT2D eigenvalue weighted by atomic mass is 19.4. The predicted octanol–water partition coefficient (Wildman–Crippen LogP) is 3.73. The summed E-state index contributed by atoms with van der Waals surface area (Å²) < 4.78 is 45.2. The van der Waals surface area contributed by atoms with Gasteiger partial charge in [-0.05, 0) is 36.8 Å². The molecule has 12 heteroatoms. The Balaban J connectivity index is 1.51. The van der Waals surface area contributed by atoms with Crippen molar-refractivity contribution in [2.75, 3.05) is 18.4 Å². The van der Waals surface area contributed by atoms with E-state index in [0.29, 0.717) is 5.56 Å². The first-order valence-corrected chi connectivity index (χ1v) is 11.4. The van der Waals surface area contributed by atoms with E-state index in [9.17, 15) is 32.3 Å². The molecular formula is C26H23F3N4O5. The number of rotatable bonds is 8. The van der Waals surface area contributed by atoms with Crippen LogP contribution in [0.15, 0.2) is 77.4 Å². The Bertz CT molecular complexity index is 1340. The molecule has 1 aliphatic rings. The number of benzene rings is 2. The number of urea groups is 1. The van der Waals surface area contributed by atoms with E-state index in [1.54, 1.807) is 36.4 Å². The number of carbonyl (C=O) groups excluding carboxylic acids is 4. The molecule has 0 aliphatic carbocycles. The third kappa shape index (κ3) is 5.53. The highest BCUT2D eigenvalue weighted by molar-refractivity contribution is 6.09. The van der Waals surface area contributed by atoms with Crippen molar-refractivity contribution in [2.45, 2.75) is 25.2 Å².